The van der Waals surface area contributed by atoms with Crippen LogP contribution >= 0.6 is 11.6 Å². The summed E-state index contributed by atoms with van der Waals surface area (Å²) >= 11 is 5.92. The molecule has 3 aromatic carbocycles. The van der Waals surface area contributed by atoms with Gasteiger partial charge in [-0.3, -0.25) is 4.79 Å². The minimum absolute atomic E-state index is 0.224. The van der Waals surface area contributed by atoms with E-state index < -0.39 is 0 Å². The summed E-state index contributed by atoms with van der Waals surface area (Å²) in [6.07, 6.45) is 1.59. The second kappa shape index (κ2) is 8.67. The van der Waals surface area contributed by atoms with Gasteiger partial charge in [-0.15, -0.1) is 0 Å². The lowest BCUT2D eigenvalue weighted by Crippen LogP contribution is -2.24. The van der Waals surface area contributed by atoms with E-state index in [1.54, 1.807) is 18.3 Å². The molecule has 0 saturated carbocycles. The molecule has 1 N–H and O–H groups in total. The van der Waals surface area contributed by atoms with E-state index in [1.807, 2.05) is 72.8 Å². The van der Waals surface area contributed by atoms with E-state index >= 15 is 0 Å². The van der Waals surface area contributed by atoms with Gasteiger partial charge in [-0.1, -0.05) is 84.4 Å². The van der Waals surface area contributed by atoms with Crippen LogP contribution in [0.5, 0.6) is 0 Å². The van der Waals surface area contributed by atoms with Crippen molar-refractivity contribution in [1.82, 2.24) is 15.3 Å². The molecule has 1 amide bonds. The van der Waals surface area contributed by atoms with Gasteiger partial charge in [-0.05, 0) is 17.7 Å². The third kappa shape index (κ3) is 4.50. The Labute approximate surface area is 174 Å². The molecule has 0 aliphatic rings. The zero-order valence-electron chi connectivity index (χ0n) is 15.5. The Kier molecular flexibility index (Phi) is 5.63. The van der Waals surface area contributed by atoms with Gasteiger partial charge in [-0.2, -0.15) is 0 Å². The zero-order valence-corrected chi connectivity index (χ0v) is 16.3. The number of nitrogens with zero attached hydrogens (tertiary/aromatic N) is 2. The number of halogens is 1. The number of carbonyl (C=O) groups excluding carboxylic acids is 1. The van der Waals surface area contributed by atoms with Crippen LogP contribution in [0.3, 0.4) is 0 Å². The summed E-state index contributed by atoms with van der Waals surface area (Å²) in [7, 11) is 0. The van der Waals surface area contributed by atoms with Crippen molar-refractivity contribution in [2.45, 2.75) is 6.54 Å². The maximum Gasteiger partial charge on any atom is 0.255 e. The predicted octanol–water partition coefficient (Wildman–Crippen LogP) is 5.39. The molecule has 1 heterocycles. The highest BCUT2D eigenvalue weighted by molar-refractivity contribution is 6.30. The first kappa shape index (κ1) is 18.8. The van der Waals surface area contributed by atoms with Crippen molar-refractivity contribution in [3.63, 3.8) is 0 Å². The van der Waals surface area contributed by atoms with Crippen molar-refractivity contribution in [2.24, 2.45) is 0 Å². The number of amides is 1. The summed E-state index contributed by atoms with van der Waals surface area (Å²) in [6.45, 7) is 0.394. The van der Waals surface area contributed by atoms with Crippen LogP contribution in [0.25, 0.3) is 22.6 Å². The number of benzene rings is 3. The topological polar surface area (TPSA) is 54.9 Å². The first-order valence-corrected chi connectivity index (χ1v) is 9.59. The van der Waals surface area contributed by atoms with E-state index in [-0.39, 0.29) is 5.91 Å². The molecule has 0 bridgehead atoms. The van der Waals surface area contributed by atoms with Crippen molar-refractivity contribution >= 4 is 17.5 Å². The molecule has 29 heavy (non-hydrogen) atoms. The van der Waals surface area contributed by atoms with Crippen LogP contribution in [0, 0.1) is 0 Å². The molecule has 4 aromatic rings. The first-order chi connectivity index (χ1) is 14.2. The Morgan fingerprint density at radius 1 is 0.828 bits per heavy atom. The molecule has 0 spiro atoms. The van der Waals surface area contributed by atoms with Crippen molar-refractivity contribution in [1.29, 1.82) is 0 Å². The van der Waals surface area contributed by atoms with Gasteiger partial charge in [0.2, 0.25) is 0 Å². The summed E-state index contributed by atoms with van der Waals surface area (Å²) in [5.74, 6) is 0.358. The Bertz CT molecular complexity index is 1110. The number of hydrogen-bond acceptors (Lipinski definition) is 3. The standard InChI is InChI=1S/C24H18ClN3O/c25-20-13-11-17(12-14-20)15-27-24(29)21-16-26-23(19-9-5-2-6-10-19)28-22(21)18-7-3-1-4-8-18/h1-14,16H,15H2,(H,27,29). The van der Waals surface area contributed by atoms with Crippen LogP contribution < -0.4 is 5.32 Å². The highest BCUT2D eigenvalue weighted by Crippen LogP contribution is 2.24. The molecule has 0 aliphatic carbocycles. The van der Waals surface area contributed by atoms with Crippen LogP contribution in [0.4, 0.5) is 0 Å². The van der Waals surface area contributed by atoms with E-state index in [1.165, 1.54) is 0 Å². The second-order valence-electron chi connectivity index (χ2n) is 6.50. The smallest absolute Gasteiger partial charge is 0.255 e. The van der Waals surface area contributed by atoms with Gasteiger partial charge in [0.15, 0.2) is 5.82 Å². The zero-order chi connectivity index (χ0) is 20.1. The number of nitrogens with one attached hydrogen (secondary N) is 1. The molecule has 5 heteroatoms. The summed E-state index contributed by atoms with van der Waals surface area (Å²) in [6, 6.07) is 26.8. The summed E-state index contributed by atoms with van der Waals surface area (Å²) in [5.41, 5.74) is 3.77. The number of aromatic nitrogens is 2. The highest BCUT2D eigenvalue weighted by Gasteiger charge is 2.16. The van der Waals surface area contributed by atoms with Gasteiger partial charge < -0.3 is 5.32 Å². The lowest BCUT2D eigenvalue weighted by atomic mass is 10.1. The van der Waals surface area contributed by atoms with E-state index in [4.69, 9.17) is 16.6 Å². The van der Waals surface area contributed by atoms with Gasteiger partial charge in [0.05, 0.1) is 11.3 Å². The maximum atomic E-state index is 12.9. The SMILES string of the molecule is O=C(NCc1ccc(Cl)cc1)c1cnc(-c2ccccc2)nc1-c1ccccc1. The fraction of sp³-hybridized carbons (Fsp3) is 0.0417. The summed E-state index contributed by atoms with van der Waals surface area (Å²) < 4.78 is 0. The fourth-order valence-electron chi connectivity index (χ4n) is 2.97. The van der Waals surface area contributed by atoms with Gasteiger partial charge in [0.1, 0.15) is 0 Å². The second-order valence-corrected chi connectivity index (χ2v) is 6.93. The third-order valence-electron chi connectivity index (χ3n) is 4.48. The Hall–Kier alpha value is -3.50. The number of carbonyl (C=O) groups is 1. The van der Waals surface area contributed by atoms with Gasteiger partial charge >= 0.3 is 0 Å². The highest BCUT2D eigenvalue weighted by atomic mass is 35.5. The van der Waals surface area contributed by atoms with Gasteiger partial charge in [0, 0.05) is 28.9 Å². The van der Waals surface area contributed by atoms with Crippen LogP contribution in [0.2, 0.25) is 5.02 Å². The fourth-order valence-corrected chi connectivity index (χ4v) is 3.10. The predicted molar refractivity (Wildman–Crippen MR) is 116 cm³/mol. The Morgan fingerprint density at radius 2 is 1.45 bits per heavy atom. The quantitative estimate of drug-likeness (QED) is 0.489. The summed E-state index contributed by atoms with van der Waals surface area (Å²) in [5, 5.41) is 3.61. The lowest BCUT2D eigenvalue weighted by Gasteiger charge is -2.11. The molecule has 1 aromatic heterocycles. The Balaban J connectivity index is 1.66. The van der Waals surface area contributed by atoms with Crippen molar-refractivity contribution < 1.29 is 4.79 Å². The van der Waals surface area contributed by atoms with Crippen molar-refractivity contribution in [3.05, 3.63) is 107 Å². The minimum atomic E-state index is -0.224. The molecule has 0 radical (unpaired) electrons. The largest absolute Gasteiger partial charge is 0.348 e. The molecule has 0 fully saturated rings. The van der Waals surface area contributed by atoms with Gasteiger partial charge in [0.25, 0.3) is 5.91 Å². The average Bonchev–Trinajstić information content (AvgIpc) is 2.79. The molecule has 4 nitrogen and oxygen atoms in total. The van der Waals surface area contributed by atoms with Crippen molar-refractivity contribution in [3.8, 4) is 22.6 Å². The molecular weight excluding hydrogens is 382 g/mol. The normalized spacial score (nSPS) is 10.5. The van der Waals surface area contributed by atoms with Gasteiger partial charge in [-0.25, -0.2) is 9.97 Å². The lowest BCUT2D eigenvalue weighted by molar-refractivity contribution is 0.0951. The number of rotatable bonds is 5. The molecule has 0 aliphatic heterocycles. The molecular formula is C24H18ClN3O. The van der Waals surface area contributed by atoms with E-state index in [0.29, 0.717) is 28.6 Å². The molecule has 0 saturated heterocycles. The van der Waals surface area contributed by atoms with E-state index in [2.05, 4.69) is 10.3 Å². The van der Waals surface area contributed by atoms with Crippen LogP contribution in [-0.2, 0) is 6.54 Å². The molecule has 4 rings (SSSR count). The first-order valence-electron chi connectivity index (χ1n) is 9.21. The van der Waals surface area contributed by atoms with Crippen molar-refractivity contribution in [2.75, 3.05) is 0 Å². The Morgan fingerprint density at radius 3 is 2.10 bits per heavy atom. The monoisotopic (exact) mass is 399 g/mol. The number of hydrogen-bond donors (Lipinski definition) is 1. The minimum Gasteiger partial charge on any atom is -0.348 e. The molecule has 142 valence electrons. The third-order valence-corrected chi connectivity index (χ3v) is 4.73. The maximum absolute atomic E-state index is 12.9. The average molecular weight is 400 g/mol. The van der Waals surface area contributed by atoms with Crippen LogP contribution in [-0.4, -0.2) is 15.9 Å². The van der Waals surface area contributed by atoms with E-state index in [9.17, 15) is 4.79 Å². The van der Waals surface area contributed by atoms with E-state index in [0.717, 1.165) is 16.7 Å². The summed E-state index contributed by atoms with van der Waals surface area (Å²) in [4.78, 5) is 22.1. The molecule has 0 unspecified atom stereocenters. The van der Waals surface area contributed by atoms with Crippen LogP contribution in [0.1, 0.15) is 15.9 Å². The van der Waals surface area contributed by atoms with Crippen LogP contribution in [0.15, 0.2) is 91.1 Å². The molecule has 0 atom stereocenters.